The molecule has 23 heavy (non-hydrogen) atoms. The number of carbonyl (C=O) groups excluding carboxylic acids is 2. The third-order valence-corrected chi connectivity index (χ3v) is 4.67. The Hall–Kier alpha value is -2.82. The Morgan fingerprint density at radius 1 is 1.09 bits per heavy atom. The highest BCUT2D eigenvalue weighted by atomic mass is 16.3. The fraction of sp³-hybridized carbons (Fsp3) is 0.222. The van der Waals surface area contributed by atoms with Crippen molar-refractivity contribution in [2.24, 2.45) is 0 Å². The number of carbonyl (C=O) groups is 2. The molecule has 2 aromatic rings. The van der Waals surface area contributed by atoms with Crippen molar-refractivity contribution >= 4 is 17.6 Å². The Labute approximate surface area is 133 Å². The summed E-state index contributed by atoms with van der Waals surface area (Å²) < 4.78 is 0. The zero-order chi connectivity index (χ0) is 16.1. The number of aromatic hydroxyl groups is 1. The number of nitrogens with zero attached hydrogens (tertiary/aromatic N) is 2. The molecule has 1 fully saturated rings. The van der Waals surface area contributed by atoms with E-state index in [1.807, 2.05) is 31.2 Å². The minimum absolute atomic E-state index is 0.182. The monoisotopic (exact) mass is 308 g/mol. The average Bonchev–Trinajstić information content (AvgIpc) is 2.79. The van der Waals surface area contributed by atoms with E-state index in [0.29, 0.717) is 12.1 Å². The first-order valence-corrected chi connectivity index (χ1v) is 7.61. The van der Waals surface area contributed by atoms with Crippen molar-refractivity contribution in [3.8, 4) is 5.75 Å². The van der Waals surface area contributed by atoms with E-state index in [9.17, 15) is 14.7 Å². The number of imide groups is 1. The van der Waals surface area contributed by atoms with Crippen LogP contribution in [-0.2, 0) is 11.2 Å². The summed E-state index contributed by atoms with van der Waals surface area (Å²) in [5.74, 6) is -0.0249. The highest BCUT2D eigenvalue weighted by molar-refractivity contribution is 6.21. The van der Waals surface area contributed by atoms with E-state index in [2.05, 4.69) is 0 Å². The van der Waals surface area contributed by atoms with Crippen LogP contribution in [0.3, 0.4) is 0 Å². The summed E-state index contributed by atoms with van der Waals surface area (Å²) >= 11 is 0. The number of hydrogen-bond acceptors (Lipinski definition) is 3. The number of rotatable bonds is 1. The van der Waals surface area contributed by atoms with Gasteiger partial charge in [-0.05, 0) is 42.3 Å². The SMILES string of the molecule is CC1c2ccc(O)cc2C[C@H]2C(=O)N(c3ccccc3)C(=O)N12. The van der Waals surface area contributed by atoms with Crippen LogP contribution in [0.5, 0.6) is 5.75 Å². The number of amides is 3. The Morgan fingerprint density at radius 2 is 1.83 bits per heavy atom. The summed E-state index contributed by atoms with van der Waals surface area (Å²) in [7, 11) is 0. The Balaban J connectivity index is 1.77. The maximum Gasteiger partial charge on any atom is 0.332 e. The molecule has 0 spiro atoms. The second-order valence-electron chi connectivity index (χ2n) is 5.98. The number of phenolic OH excluding ortho intramolecular Hbond substituents is 1. The zero-order valence-corrected chi connectivity index (χ0v) is 12.6. The number of anilines is 1. The van der Waals surface area contributed by atoms with Crippen LogP contribution in [0.2, 0.25) is 0 Å². The fourth-order valence-corrected chi connectivity index (χ4v) is 3.58. The second-order valence-corrected chi connectivity index (χ2v) is 5.98. The molecule has 1 saturated heterocycles. The highest BCUT2D eigenvalue weighted by Gasteiger charge is 2.50. The second kappa shape index (κ2) is 4.84. The van der Waals surface area contributed by atoms with Crippen LogP contribution in [0.1, 0.15) is 24.1 Å². The molecule has 2 atom stereocenters. The average molecular weight is 308 g/mol. The third-order valence-electron chi connectivity index (χ3n) is 4.67. The predicted molar refractivity (Wildman–Crippen MR) is 85.2 cm³/mol. The quantitative estimate of drug-likeness (QED) is 0.824. The van der Waals surface area contributed by atoms with Crippen LogP contribution in [-0.4, -0.2) is 28.0 Å². The normalized spacial score (nSPS) is 23.0. The van der Waals surface area contributed by atoms with Crippen LogP contribution < -0.4 is 4.90 Å². The van der Waals surface area contributed by atoms with Crippen LogP contribution in [0.4, 0.5) is 10.5 Å². The van der Waals surface area contributed by atoms with Gasteiger partial charge in [-0.2, -0.15) is 0 Å². The van der Waals surface area contributed by atoms with Gasteiger partial charge in [0.1, 0.15) is 11.8 Å². The number of urea groups is 1. The lowest BCUT2D eigenvalue weighted by Crippen LogP contribution is -2.42. The van der Waals surface area contributed by atoms with E-state index in [4.69, 9.17) is 0 Å². The molecule has 2 aliphatic heterocycles. The smallest absolute Gasteiger partial charge is 0.332 e. The molecule has 0 radical (unpaired) electrons. The van der Waals surface area contributed by atoms with Gasteiger partial charge in [0.2, 0.25) is 0 Å². The molecule has 5 nitrogen and oxygen atoms in total. The number of benzene rings is 2. The minimum Gasteiger partial charge on any atom is -0.508 e. The van der Waals surface area contributed by atoms with Gasteiger partial charge in [0, 0.05) is 6.42 Å². The van der Waals surface area contributed by atoms with Crippen molar-refractivity contribution in [2.45, 2.75) is 25.4 Å². The van der Waals surface area contributed by atoms with E-state index in [-0.39, 0.29) is 23.7 Å². The molecular weight excluding hydrogens is 292 g/mol. The van der Waals surface area contributed by atoms with Crippen LogP contribution in [0.25, 0.3) is 0 Å². The summed E-state index contributed by atoms with van der Waals surface area (Å²) in [6, 6.07) is 13.1. The highest BCUT2D eigenvalue weighted by Crippen LogP contribution is 2.40. The van der Waals surface area contributed by atoms with E-state index in [1.54, 1.807) is 29.2 Å². The summed E-state index contributed by atoms with van der Waals surface area (Å²) in [4.78, 5) is 28.5. The molecule has 0 saturated carbocycles. The van der Waals surface area contributed by atoms with Crippen LogP contribution in [0.15, 0.2) is 48.5 Å². The summed E-state index contributed by atoms with van der Waals surface area (Å²) in [6.07, 6.45) is 0.433. The Kier molecular flexibility index (Phi) is 2.91. The van der Waals surface area contributed by atoms with Crippen molar-refractivity contribution in [1.29, 1.82) is 0 Å². The molecular formula is C18H16N2O3. The molecule has 4 rings (SSSR count). The Morgan fingerprint density at radius 3 is 2.57 bits per heavy atom. The number of phenols is 1. The van der Waals surface area contributed by atoms with Gasteiger partial charge >= 0.3 is 6.03 Å². The van der Waals surface area contributed by atoms with E-state index < -0.39 is 6.04 Å². The van der Waals surface area contributed by atoms with Gasteiger partial charge in [-0.3, -0.25) is 4.79 Å². The van der Waals surface area contributed by atoms with E-state index >= 15 is 0 Å². The van der Waals surface area contributed by atoms with Gasteiger partial charge in [0.05, 0.1) is 11.7 Å². The van der Waals surface area contributed by atoms with E-state index in [1.165, 1.54) is 4.90 Å². The molecule has 1 N–H and O–H groups in total. The van der Waals surface area contributed by atoms with Crippen molar-refractivity contribution in [1.82, 2.24) is 4.90 Å². The molecule has 1 unspecified atom stereocenters. The maximum absolute atomic E-state index is 12.8. The maximum atomic E-state index is 12.8. The first kappa shape index (κ1) is 13.8. The fourth-order valence-electron chi connectivity index (χ4n) is 3.58. The van der Waals surface area contributed by atoms with Gasteiger partial charge in [-0.15, -0.1) is 0 Å². The van der Waals surface area contributed by atoms with Crippen molar-refractivity contribution < 1.29 is 14.7 Å². The van der Waals surface area contributed by atoms with Gasteiger partial charge in [0.15, 0.2) is 0 Å². The molecule has 5 heteroatoms. The van der Waals surface area contributed by atoms with Gasteiger partial charge in [0.25, 0.3) is 5.91 Å². The summed E-state index contributed by atoms with van der Waals surface area (Å²) in [6.45, 7) is 1.92. The summed E-state index contributed by atoms with van der Waals surface area (Å²) in [5, 5.41) is 9.69. The van der Waals surface area contributed by atoms with Gasteiger partial charge in [-0.25, -0.2) is 9.69 Å². The standard InChI is InChI=1S/C18H16N2O3/c1-11-15-8-7-14(21)9-12(15)10-16-17(22)20(18(23)19(11)16)13-5-3-2-4-6-13/h2-9,11,16,21H,10H2,1H3/t11?,16-/m0/s1. The topological polar surface area (TPSA) is 60.9 Å². The first-order chi connectivity index (χ1) is 11.1. The number of para-hydroxylation sites is 1. The predicted octanol–water partition coefficient (Wildman–Crippen LogP) is 2.85. The lowest BCUT2D eigenvalue weighted by molar-refractivity contribution is -0.120. The lowest BCUT2D eigenvalue weighted by atomic mass is 9.89. The Bertz CT molecular complexity index is 803. The molecule has 3 amide bonds. The van der Waals surface area contributed by atoms with E-state index in [0.717, 1.165) is 11.1 Å². The molecule has 2 heterocycles. The largest absolute Gasteiger partial charge is 0.508 e. The molecule has 0 bridgehead atoms. The third kappa shape index (κ3) is 1.93. The number of hydrogen-bond donors (Lipinski definition) is 1. The van der Waals surface area contributed by atoms with Crippen LogP contribution >= 0.6 is 0 Å². The van der Waals surface area contributed by atoms with Crippen molar-refractivity contribution in [3.05, 3.63) is 59.7 Å². The summed E-state index contributed by atoms with van der Waals surface area (Å²) in [5.41, 5.74) is 2.50. The first-order valence-electron chi connectivity index (χ1n) is 7.61. The molecule has 2 aliphatic rings. The molecule has 2 aromatic carbocycles. The van der Waals surface area contributed by atoms with Gasteiger partial charge in [-0.1, -0.05) is 24.3 Å². The van der Waals surface area contributed by atoms with Gasteiger partial charge < -0.3 is 10.0 Å². The number of fused-ring (bicyclic) bond motifs is 2. The molecule has 116 valence electrons. The zero-order valence-electron chi connectivity index (χ0n) is 12.6. The van der Waals surface area contributed by atoms with Crippen molar-refractivity contribution in [2.75, 3.05) is 4.90 Å². The molecule has 0 aromatic heterocycles. The van der Waals surface area contributed by atoms with Crippen LogP contribution in [0, 0.1) is 0 Å². The lowest BCUT2D eigenvalue weighted by Gasteiger charge is -2.35. The van der Waals surface area contributed by atoms with Crippen molar-refractivity contribution in [3.63, 3.8) is 0 Å². The minimum atomic E-state index is -0.507. The molecule has 0 aliphatic carbocycles.